The Labute approximate surface area is 132 Å². The molecule has 0 aliphatic heterocycles. The van der Waals surface area contributed by atoms with Gasteiger partial charge in [-0.15, -0.1) is 0 Å². The van der Waals surface area contributed by atoms with E-state index in [1.807, 2.05) is 28.8 Å². The lowest BCUT2D eigenvalue weighted by atomic mass is 10.1. The van der Waals surface area contributed by atoms with Gasteiger partial charge in [0.1, 0.15) is 11.2 Å². The van der Waals surface area contributed by atoms with Crippen LogP contribution in [-0.2, 0) is 6.54 Å². The molecule has 0 bridgehead atoms. The van der Waals surface area contributed by atoms with E-state index in [2.05, 4.69) is 27.1 Å². The average molecular weight is 302 g/mol. The van der Waals surface area contributed by atoms with Gasteiger partial charge in [0.05, 0.1) is 18.4 Å². The summed E-state index contributed by atoms with van der Waals surface area (Å²) >= 11 is 0. The van der Waals surface area contributed by atoms with Crippen LogP contribution in [0.3, 0.4) is 0 Å². The molecule has 5 nitrogen and oxygen atoms in total. The molecule has 5 heteroatoms. The lowest BCUT2D eigenvalue weighted by Crippen LogP contribution is -2.02. The molecule has 0 aliphatic rings. The van der Waals surface area contributed by atoms with Crippen molar-refractivity contribution in [1.82, 2.24) is 19.5 Å². The molecule has 23 heavy (non-hydrogen) atoms. The first-order valence-electron chi connectivity index (χ1n) is 7.37. The zero-order chi connectivity index (χ0) is 15.8. The Balaban J connectivity index is 1.76. The van der Waals surface area contributed by atoms with Gasteiger partial charge in [-0.2, -0.15) is 0 Å². The molecule has 3 heterocycles. The van der Waals surface area contributed by atoms with Gasteiger partial charge in [-0.25, -0.2) is 9.97 Å². The van der Waals surface area contributed by atoms with Crippen molar-refractivity contribution in [3.05, 3.63) is 66.2 Å². The van der Waals surface area contributed by atoms with Crippen LogP contribution in [-0.4, -0.2) is 25.3 Å². The first-order valence-corrected chi connectivity index (χ1v) is 7.37. The zero-order valence-corrected chi connectivity index (χ0v) is 12.6. The number of benzene rings is 1. The quantitative estimate of drug-likeness (QED) is 0.545. The summed E-state index contributed by atoms with van der Waals surface area (Å²) in [4.78, 5) is 24.6. The first-order chi connectivity index (χ1) is 11.2. The van der Waals surface area contributed by atoms with Gasteiger partial charge in [-0.1, -0.05) is 12.1 Å². The van der Waals surface area contributed by atoms with Crippen LogP contribution in [0.4, 0.5) is 0 Å². The van der Waals surface area contributed by atoms with Crippen LogP contribution in [0.1, 0.15) is 23.0 Å². The maximum atomic E-state index is 11.5. The fourth-order valence-corrected chi connectivity index (χ4v) is 2.67. The lowest BCUT2D eigenvalue weighted by molar-refractivity contribution is 0.101. The first kappa shape index (κ1) is 13.6. The van der Waals surface area contributed by atoms with Gasteiger partial charge in [0.15, 0.2) is 11.4 Å². The zero-order valence-electron chi connectivity index (χ0n) is 12.6. The Morgan fingerprint density at radius 1 is 1.09 bits per heavy atom. The van der Waals surface area contributed by atoms with E-state index in [0.29, 0.717) is 12.2 Å². The molecule has 3 aromatic heterocycles. The van der Waals surface area contributed by atoms with Gasteiger partial charge in [0, 0.05) is 18.5 Å². The minimum atomic E-state index is -0.0450. The molecule has 0 amide bonds. The van der Waals surface area contributed by atoms with Crippen molar-refractivity contribution in [3.63, 3.8) is 0 Å². The summed E-state index contributed by atoms with van der Waals surface area (Å²) in [5.74, 6) is -0.0450. The van der Waals surface area contributed by atoms with E-state index in [4.69, 9.17) is 0 Å². The molecule has 0 saturated heterocycles. The van der Waals surface area contributed by atoms with Crippen molar-refractivity contribution in [1.29, 1.82) is 0 Å². The topological polar surface area (TPSA) is 60.7 Å². The molecule has 0 saturated carbocycles. The van der Waals surface area contributed by atoms with Crippen molar-refractivity contribution in [2.75, 3.05) is 0 Å². The fourth-order valence-electron chi connectivity index (χ4n) is 2.67. The predicted molar refractivity (Wildman–Crippen MR) is 88.4 cm³/mol. The summed E-state index contributed by atoms with van der Waals surface area (Å²) in [6.45, 7) is 2.17. The normalized spacial score (nSPS) is 11.2. The molecule has 4 aromatic rings. The van der Waals surface area contributed by atoms with E-state index in [1.54, 1.807) is 18.6 Å². The van der Waals surface area contributed by atoms with Gasteiger partial charge in [-0.05, 0) is 35.9 Å². The van der Waals surface area contributed by atoms with Crippen LogP contribution in [0.15, 0.2) is 55.0 Å². The molecule has 0 unspecified atom stereocenters. The Morgan fingerprint density at radius 3 is 2.83 bits per heavy atom. The predicted octanol–water partition coefficient (Wildman–Crippen LogP) is 3.23. The van der Waals surface area contributed by atoms with Gasteiger partial charge < -0.3 is 4.57 Å². The number of fused-ring (bicyclic) bond motifs is 2. The fraction of sp³-hybridized carbons (Fsp3) is 0.111. The van der Waals surface area contributed by atoms with Gasteiger partial charge >= 0.3 is 0 Å². The van der Waals surface area contributed by atoms with Crippen molar-refractivity contribution >= 4 is 27.9 Å². The summed E-state index contributed by atoms with van der Waals surface area (Å²) < 4.78 is 1.96. The maximum absolute atomic E-state index is 11.5. The Kier molecular flexibility index (Phi) is 3.12. The molecule has 0 radical (unpaired) electrons. The number of pyridine rings is 2. The molecule has 0 atom stereocenters. The number of ketones is 1. The standard InChI is InChI=1S/C18H14N4O/c1-12(23)15-6-7-17-18(21-15)22(11-20-17)10-13-4-5-16-14(9-13)3-2-8-19-16/h2-9,11H,10H2,1H3. The smallest absolute Gasteiger partial charge is 0.178 e. The van der Waals surface area contributed by atoms with Crippen molar-refractivity contribution in [3.8, 4) is 0 Å². The number of carbonyl (C=O) groups is 1. The molecular formula is C18H14N4O. The Morgan fingerprint density at radius 2 is 1.96 bits per heavy atom. The number of nitrogens with zero attached hydrogens (tertiary/aromatic N) is 4. The van der Waals surface area contributed by atoms with Gasteiger partial charge in [0.2, 0.25) is 0 Å². The van der Waals surface area contributed by atoms with Gasteiger partial charge in [0.25, 0.3) is 0 Å². The molecule has 0 N–H and O–H groups in total. The largest absolute Gasteiger partial charge is 0.311 e. The highest BCUT2D eigenvalue weighted by molar-refractivity contribution is 5.93. The third-order valence-corrected chi connectivity index (χ3v) is 3.84. The van der Waals surface area contributed by atoms with Crippen LogP contribution in [0.5, 0.6) is 0 Å². The third kappa shape index (κ3) is 2.46. The number of carbonyl (C=O) groups excluding carboxylic acids is 1. The summed E-state index contributed by atoms with van der Waals surface area (Å²) in [7, 11) is 0. The Hall–Kier alpha value is -3.08. The van der Waals surface area contributed by atoms with Crippen LogP contribution >= 0.6 is 0 Å². The monoisotopic (exact) mass is 302 g/mol. The minimum Gasteiger partial charge on any atom is -0.311 e. The van der Waals surface area contributed by atoms with Crippen molar-refractivity contribution in [2.45, 2.75) is 13.5 Å². The highest BCUT2D eigenvalue weighted by Gasteiger charge is 2.09. The van der Waals surface area contributed by atoms with E-state index < -0.39 is 0 Å². The highest BCUT2D eigenvalue weighted by atomic mass is 16.1. The van der Waals surface area contributed by atoms with E-state index in [9.17, 15) is 4.79 Å². The van der Waals surface area contributed by atoms with Crippen molar-refractivity contribution in [2.24, 2.45) is 0 Å². The number of hydrogen-bond donors (Lipinski definition) is 0. The molecule has 0 spiro atoms. The molecule has 1 aromatic carbocycles. The van der Waals surface area contributed by atoms with E-state index in [0.717, 1.165) is 27.6 Å². The second-order valence-electron chi connectivity index (χ2n) is 5.50. The molecule has 4 rings (SSSR count). The van der Waals surface area contributed by atoms with Crippen molar-refractivity contribution < 1.29 is 4.79 Å². The molecule has 0 aliphatic carbocycles. The molecule has 112 valence electrons. The summed E-state index contributed by atoms with van der Waals surface area (Å²) in [5.41, 5.74) is 4.09. The number of Topliss-reactive ketones (excluding diaryl/α,β-unsaturated/α-hetero) is 1. The summed E-state index contributed by atoms with van der Waals surface area (Å²) in [5, 5.41) is 1.10. The number of aromatic nitrogens is 4. The highest BCUT2D eigenvalue weighted by Crippen LogP contribution is 2.17. The maximum Gasteiger partial charge on any atom is 0.178 e. The SMILES string of the molecule is CC(=O)c1ccc2ncn(Cc3ccc4ncccc4c3)c2n1. The van der Waals surface area contributed by atoms with Crippen LogP contribution in [0.25, 0.3) is 22.1 Å². The van der Waals surface area contributed by atoms with Crippen LogP contribution < -0.4 is 0 Å². The van der Waals surface area contributed by atoms with E-state index >= 15 is 0 Å². The van der Waals surface area contributed by atoms with E-state index in [1.165, 1.54) is 6.92 Å². The average Bonchev–Trinajstić information content (AvgIpc) is 2.97. The second-order valence-corrected chi connectivity index (χ2v) is 5.50. The van der Waals surface area contributed by atoms with Gasteiger partial charge in [-0.3, -0.25) is 9.78 Å². The Bertz CT molecular complexity index is 1040. The minimum absolute atomic E-state index is 0.0450. The summed E-state index contributed by atoms with van der Waals surface area (Å²) in [6, 6.07) is 13.7. The lowest BCUT2D eigenvalue weighted by Gasteiger charge is -2.06. The van der Waals surface area contributed by atoms with E-state index in [-0.39, 0.29) is 5.78 Å². The summed E-state index contributed by atoms with van der Waals surface area (Å²) in [6.07, 6.45) is 3.55. The number of imidazole rings is 1. The second kappa shape index (κ2) is 5.28. The van der Waals surface area contributed by atoms with Crippen LogP contribution in [0, 0.1) is 0 Å². The molecular weight excluding hydrogens is 288 g/mol. The third-order valence-electron chi connectivity index (χ3n) is 3.84. The van der Waals surface area contributed by atoms with Crippen LogP contribution in [0.2, 0.25) is 0 Å². The number of hydrogen-bond acceptors (Lipinski definition) is 4. The number of rotatable bonds is 3. The molecule has 0 fully saturated rings.